The van der Waals surface area contributed by atoms with E-state index < -0.39 is 0 Å². The van der Waals surface area contributed by atoms with Gasteiger partial charge in [-0.2, -0.15) is 0 Å². The number of nitrogens with two attached hydrogens (primary N) is 1. The van der Waals surface area contributed by atoms with Crippen molar-refractivity contribution in [3.8, 4) is 0 Å². The maximum Gasteiger partial charge on any atom is 0.116 e. The van der Waals surface area contributed by atoms with Crippen LogP contribution in [0.2, 0.25) is 0 Å². The molecule has 0 aliphatic heterocycles. The van der Waals surface area contributed by atoms with Gasteiger partial charge in [0, 0.05) is 11.5 Å². The topological polar surface area (TPSA) is 38.5 Å². The molecule has 0 unspecified atom stereocenters. The van der Waals surface area contributed by atoms with Crippen LogP contribution in [0.4, 0.5) is 0 Å². The fraction of sp³-hybridized carbons (Fsp3) is 0.818. The summed E-state index contributed by atoms with van der Waals surface area (Å²) < 4.78 is 5.51. The average Bonchev–Trinajstić information content (AvgIpc) is 2.01. The fourth-order valence-electron chi connectivity index (χ4n) is 0.850. The second-order valence-electron chi connectivity index (χ2n) is 4.70. The zero-order valence-electron chi connectivity index (χ0n) is 10.3. The summed E-state index contributed by atoms with van der Waals surface area (Å²) in [6.07, 6.45) is 1.88. The highest BCUT2D eigenvalue weighted by molar-refractivity contribution is 4.97. The van der Waals surface area contributed by atoms with E-state index in [1.54, 1.807) is 5.01 Å². The van der Waals surface area contributed by atoms with Gasteiger partial charge >= 0.3 is 0 Å². The first kappa shape index (κ1) is 13.3. The number of hydrogen-bond donors (Lipinski definition) is 1. The molecule has 0 aromatic carbocycles. The van der Waals surface area contributed by atoms with Crippen molar-refractivity contribution >= 4 is 0 Å². The van der Waals surface area contributed by atoms with Crippen LogP contribution < -0.4 is 5.84 Å². The summed E-state index contributed by atoms with van der Waals surface area (Å²) in [7, 11) is 0. The largest absolute Gasteiger partial charge is 0.496 e. The fourth-order valence-corrected chi connectivity index (χ4v) is 0.850. The third-order valence-corrected chi connectivity index (χ3v) is 1.92. The molecule has 0 fully saturated rings. The van der Waals surface area contributed by atoms with Crippen LogP contribution in [0, 0.1) is 5.92 Å². The highest BCUT2D eigenvalue weighted by atomic mass is 16.5. The second kappa shape index (κ2) is 5.25. The van der Waals surface area contributed by atoms with Gasteiger partial charge in [-0.3, -0.25) is 0 Å². The Kier molecular flexibility index (Phi) is 4.99. The number of rotatable bonds is 4. The van der Waals surface area contributed by atoms with Crippen molar-refractivity contribution in [1.29, 1.82) is 0 Å². The van der Waals surface area contributed by atoms with Crippen LogP contribution >= 0.6 is 0 Å². The number of hydrogen-bond acceptors (Lipinski definition) is 3. The maximum atomic E-state index is 5.90. The minimum Gasteiger partial charge on any atom is -0.496 e. The van der Waals surface area contributed by atoms with Gasteiger partial charge in [0.25, 0.3) is 0 Å². The van der Waals surface area contributed by atoms with E-state index in [0.29, 0.717) is 12.5 Å². The summed E-state index contributed by atoms with van der Waals surface area (Å²) >= 11 is 0. The lowest BCUT2D eigenvalue weighted by molar-refractivity contribution is 0.161. The van der Waals surface area contributed by atoms with Crippen LogP contribution in [0.5, 0.6) is 0 Å². The van der Waals surface area contributed by atoms with Crippen molar-refractivity contribution in [2.75, 3.05) is 6.61 Å². The number of nitrogens with zero attached hydrogens (tertiary/aromatic N) is 1. The zero-order valence-corrected chi connectivity index (χ0v) is 10.3. The van der Waals surface area contributed by atoms with Gasteiger partial charge < -0.3 is 9.75 Å². The van der Waals surface area contributed by atoms with Crippen LogP contribution in [0.1, 0.15) is 41.5 Å². The summed E-state index contributed by atoms with van der Waals surface area (Å²) in [4.78, 5) is 0. The standard InChI is InChI=1S/C11H24N2O/c1-7-14-10(9(2)3)8-13(12)11(4,5)6/h8-9H,7,12H2,1-6H3/b10-8+. The first-order valence-corrected chi connectivity index (χ1v) is 5.17. The van der Waals surface area contributed by atoms with Gasteiger partial charge in [-0.05, 0) is 27.7 Å². The third-order valence-electron chi connectivity index (χ3n) is 1.92. The normalized spacial score (nSPS) is 13.3. The van der Waals surface area contributed by atoms with E-state index in [1.165, 1.54) is 0 Å². The summed E-state index contributed by atoms with van der Waals surface area (Å²) in [5.74, 6) is 7.20. The molecule has 0 saturated carbocycles. The molecule has 0 aromatic heterocycles. The molecule has 0 aromatic rings. The molecule has 3 heteroatoms. The summed E-state index contributed by atoms with van der Waals surface area (Å²) in [5, 5.41) is 1.69. The van der Waals surface area contributed by atoms with Gasteiger partial charge in [-0.25, -0.2) is 5.84 Å². The van der Waals surface area contributed by atoms with E-state index in [0.717, 1.165) is 5.76 Å². The zero-order chi connectivity index (χ0) is 11.4. The van der Waals surface area contributed by atoms with Crippen LogP contribution in [0.3, 0.4) is 0 Å². The first-order valence-electron chi connectivity index (χ1n) is 5.17. The Morgan fingerprint density at radius 3 is 2.21 bits per heavy atom. The molecule has 0 bridgehead atoms. The average molecular weight is 200 g/mol. The van der Waals surface area contributed by atoms with Crippen LogP contribution in [-0.2, 0) is 4.74 Å². The first-order chi connectivity index (χ1) is 6.29. The van der Waals surface area contributed by atoms with Gasteiger partial charge in [0.15, 0.2) is 0 Å². The Hall–Kier alpha value is -0.700. The van der Waals surface area contributed by atoms with E-state index in [-0.39, 0.29) is 5.54 Å². The number of hydrazine groups is 1. The van der Waals surface area contributed by atoms with Crippen molar-refractivity contribution in [3.63, 3.8) is 0 Å². The monoisotopic (exact) mass is 200 g/mol. The SMILES string of the molecule is CCO/C(=C/N(N)C(C)(C)C)C(C)C. The predicted octanol–water partition coefficient (Wildman–Crippen LogP) is 2.49. The van der Waals surface area contributed by atoms with Gasteiger partial charge in [-0.15, -0.1) is 0 Å². The number of ether oxygens (including phenoxy) is 1. The predicted molar refractivity (Wildman–Crippen MR) is 60.3 cm³/mol. The molecule has 0 atom stereocenters. The van der Waals surface area contributed by atoms with Gasteiger partial charge in [0.05, 0.1) is 12.8 Å². The maximum absolute atomic E-state index is 5.90. The molecule has 0 saturated heterocycles. The molecule has 0 rings (SSSR count). The Morgan fingerprint density at radius 1 is 1.43 bits per heavy atom. The molecule has 84 valence electrons. The second-order valence-corrected chi connectivity index (χ2v) is 4.70. The molecule has 14 heavy (non-hydrogen) atoms. The van der Waals surface area contributed by atoms with Gasteiger partial charge in [-0.1, -0.05) is 13.8 Å². The Balaban J connectivity index is 4.56. The van der Waals surface area contributed by atoms with Crippen molar-refractivity contribution < 1.29 is 4.74 Å². The van der Waals surface area contributed by atoms with E-state index in [4.69, 9.17) is 10.6 Å². The van der Waals surface area contributed by atoms with E-state index in [1.807, 2.05) is 13.1 Å². The van der Waals surface area contributed by atoms with Crippen molar-refractivity contribution in [2.24, 2.45) is 11.8 Å². The van der Waals surface area contributed by atoms with Crippen molar-refractivity contribution in [3.05, 3.63) is 12.0 Å². The minimum atomic E-state index is -0.0722. The van der Waals surface area contributed by atoms with Crippen LogP contribution in [0.25, 0.3) is 0 Å². The molecule has 0 radical (unpaired) electrons. The van der Waals surface area contributed by atoms with E-state index in [2.05, 4.69) is 34.6 Å². The molecule has 0 aliphatic rings. The van der Waals surface area contributed by atoms with Crippen molar-refractivity contribution in [1.82, 2.24) is 5.01 Å². The molecule has 0 heterocycles. The lowest BCUT2D eigenvalue weighted by Crippen LogP contribution is -2.43. The minimum absolute atomic E-state index is 0.0722. The molecule has 0 aliphatic carbocycles. The molecule has 2 N–H and O–H groups in total. The van der Waals surface area contributed by atoms with Crippen LogP contribution in [0.15, 0.2) is 12.0 Å². The Labute approximate surface area is 87.9 Å². The molecular formula is C11H24N2O. The molecule has 0 amide bonds. The highest BCUT2D eigenvalue weighted by Gasteiger charge is 2.16. The highest BCUT2D eigenvalue weighted by Crippen LogP contribution is 2.15. The van der Waals surface area contributed by atoms with Gasteiger partial charge in [0.1, 0.15) is 5.76 Å². The smallest absolute Gasteiger partial charge is 0.116 e. The summed E-state index contributed by atoms with van der Waals surface area (Å²) in [5.41, 5.74) is -0.0722. The quantitative estimate of drug-likeness (QED) is 0.430. The summed E-state index contributed by atoms with van der Waals surface area (Å²) in [6, 6.07) is 0. The summed E-state index contributed by atoms with van der Waals surface area (Å²) in [6.45, 7) is 13.0. The number of allylic oxidation sites excluding steroid dienone is 1. The lowest BCUT2D eigenvalue weighted by Gasteiger charge is -2.31. The Bertz CT molecular complexity index is 192. The van der Waals surface area contributed by atoms with Crippen molar-refractivity contribution in [2.45, 2.75) is 47.1 Å². The van der Waals surface area contributed by atoms with E-state index >= 15 is 0 Å². The molecule has 0 spiro atoms. The molecular weight excluding hydrogens is 176 g/mol. The Morgan fingerprint density at radius 2 is 1.93 bits per heavy atom. The van der Waals surface area contributed by atoms with Crippen LogP contribution in [-0.4, -0.2) is 17.2 Å². The molecule has 3 nitrogen and oxygen atoms in total. The lowest BCUT2D eigenvalue weighted by atomic mass is 10.1. The van der Waals surface area contributed by atoms with Gasteiger partial charge in [0.2, 0.25) is 0 Å². The third kappa shape index (κ3) is 4.51. The van der Waals surface area contributed by atoms with E-state index in [9.17, 15) is 0 Å².